The summed E-state index contributed by atoms with van der Waals surface area (Å²) in [4.78, 5) is 9.17. The predicted molar refractivity (Wildman–Crippen MR) is 226 cm³/mol. The van der Waals surface area contributed by atoms with E-state index in [4.69, 9.17) is 0 Å². The number of thiophene rings is 1. The van der Waals surface area contributed by atoms with Gasteiger partial charge in [0, 0.05) is 57.1 Å². The van der Waals surface area contributed by atoms with Crippen molar-refractivity contribution in [2.24, 2.45) is 9.98 Å². The largest absolute Gasteiger partial charge is 0.309 e. The van der Waals surface area contributed by atoms with E-state index in [-0.39, 0.29) is 0 Å². The van der Waals surface area contributed by atoms with Gasteiger partial charge in [0.25, 0.3) is 0 Å². The van der Waals surface area contributed by atoms with Gasteiger partial charge in [-0.3, -0.25) is 9.98 Å². The van der Waals surface area contributed by atoms with Crippen molar-refractivity contribution in [1.29, 1.82) is 0 Å². The van der Waals surface area contributed by atoms with E-state index in [0.29, 0.717) is 0 Å². The van der Waals surface area contributed by atoms with Crippen molar-refractivity contribution in [2.45, 2.75) is 0 Å². The van der Waals surface area contributed by atoms with E-state index in [0.717, 1.165) is 38.4 Å². The molecule has 244 valence electrons. The zero-order valence-corrected chi connectivity index (χ0v) is 29.2. The fraction of sp³-hybridized carbons (Fsp3) is 0.0213. The van der Waals surface area contributed by atoms with E-state index >= 15 is 0 Å². The van der Waals surface area contributed by atoms with Gasteiger partial charge in [-0.15, -0.1) is 11.3 Å². The maximum atomic E-state index is 4.61. The van der Waals surface area contributed by atoms with Crippen molar-refractivity contribution in [1.82, 2.24) is 9.13 Å². The smallest absolute Gasteiger partial charge is 0.125 e. The molecular weight excluding hydrogens is 653 g/mol. The molecular formula is C47H30N4S. The first-order valence-corrected chi connectivity index (χ1v) is 18.3. The number of aromatic nitrogens is 2. The summed E-state index contributed by atoms with van der Waals surface area (Å²) in [6, 6.07) is 53.0. The Morgan fingerprint density at radius 3 is 1.63 bits per heavy atom. The number of rotatable bonds is 4. The van der Waals surface area contributed by atoms with Crippen molar-refractivity contribution in [3.8, 4) is 11.4 Å². The van der Waals surface area contributed by atoms with Crippen molar-refractivity contribution < 1.29 is 0 Å². The summed E-state index contributed by atoms with van der Waals surface area (Å²) in [5.74, 6) is 0. The van der Waals surface area contributed by atoms with E-state index < -0.39 is 0 Å². The Hall–Kier alpha value is -6.56. The summed E-state index contributed by atoms with van der Waals surface area (Å²) in [5.41, 5.74) is 7.92. The van der Waals surface area contributed by atoms with Crippen LogP contribution in [0.4, 0.5) is 5.00 Å². The molecule has 0 amide bonds. The van der Waals surface area contributed by atoms with Crippen molar-refractivity contribution in [3.05, 3.63) is 151 Å². The number of hydrogen-bond acceptors (Lipinski definition) is 3. The second-order valence-electron chi connectivity index (χ2n) is 13.4. The third-order valence-corrected chi connectivity index (χ3v) is 11.9. The van der Waals surface area contributed by atoms with Crippen LogP contribution in [0.5, 0.6) is 0 Å². The monoisotopic (exact) mass is 682 g/mol. The molecule has 0 aliphatic heterocycles. The Morgan fingerprint density at radius 1 is 0.500 bits per heavy atom. The third-order valence-electron chi connectivity index (χ3n) is 10.8. The number of hydrogen-bond donors (Lipinski definition) is 0. The lowest BCUT2D eigenvalue weighted by atomic mass is 9.94. The normalized spacial score (nSPS) is 12.3. The van der Waals surface area contributed by atoms with Crippen molar-refractivity contribution in [3.63, 3.8) is 0 Å². The van der Waals surface area contributed by atoms with Crippen LogP contribution in [-0.2, 0) is 0 Å². The molecule has 0 fully saturated rings. The van der Waals surface area contributed by atoms with Crippen LogP contribution >= 0.6 is 11.3 Å². The highest BCUT2D eigenvalue weighted by Crippen LogP contribution is 2.52. The molecule has 0 N–H and O–H groups in total. The number of para-hydroxylation sites is 3. The average Bonchev–Trinajstić information content (AvgIpc) is 3.86. The summed E-state index contributed by atoms with van der Waals surface area (Å²) < 4.78 is 6.11. The fourth-order valence-electron chi connectivity index (χ4n) is 8.79. The van der Waals surface area contributed by atoms with Crippen LogP contribution in [0.3, 0.4) is 0 Å². The van der Waals surface area contributed by atoms with Crippen LogP contribution in [0, 0.1) is 0 Å². The van der Waals surface area contributed by atoms with Gasteiger partial charge in [0.05, 0.1) is 26.8 Å². The second kappa shape index (κ2) is 11.0. The van der Waals surface area contributed by atoms with E-state index in [1.807, 2.05) is 13.3 Å². The van der Waals surface area contributed by atoms with Crippen LogP contribution in [0.2, 0.25) is 0 Å². The molecule has 0 unspecified atom stereocenters. The van der Waals surface area contributed by atoms with Gasteiger partial charge >= 0.3 is 0 Å². The van der Waals surface area contributed by atoms with E-state index in [9.17, 15) is 0 Å². The van der Waals surface area contributed by atoms with Gasteiger partial charge in [-0.1, -0.05) is 109 Å². The lowest BCUT2D eigenvalue weighted by molar-refractivity contribution is 1.18. The minimum atomic E-state index is 0.874. The van der Waals surface area contributed by atoms with E-state index in [1.165, 1.54) is 69.6 Å². The second-order valence-corrected chi connectivity index (χ2v) is 14.4. The van der Waals surface area contributed by atoms with Crippen molar-refractivity contribution in [2.75, 3.05) is 7.05 Å². The number of fused-ring (bicyclic) bond motifs is 16. The first kappa shape index (κ1) is 29.2. The molecule has 0 aliphatic carbocycles. The zero-order chi connectivity index (χ0) is 34.5. The summed E-state index contributed by atoms with van der Waals surface area (Å²) in [6.07, 6.45) is 1.96. The summed E-state index contributed by atoms with van der Waals surface area (Å²) in [5, 5.41) is 14.4. The zero-order valence-electron chi connectivity index (χ0n) is 28.3. The fourth-order valence-corrected chi connectivity index (χ4v) is 9.91. The Kier molecular flexibility index (Phi) is 6.16. The van der Waals surface area contributed by atoms with Crippen LogP contribution < -0.4 is 0 Å². The molecule has 4 nitrogen and oxygen atoms in total. The molecule has 3 aromatic heterocycles. The van der Waals surface area contributed by atoms with Gasteiger partial charge in [-0.25, -0.2) is 0 Å². The van der Waals surface area contributed by atoms with Gasteiger partial charge in [-0.2, -0.15) is 0 Å². The molecule has 0 bridgehead atoms. The van der Waals surface area contributed by atoms with Crippen LogP contribution in [0.15, 0.2) is 156 Å². The molecule has 52 heavy (non-hydrogen) atoms. The van der Waals surface area contributed by atoms with Crippen LogP contribution in [0.1, 0.15) is 5.56 Å². The number of aliphatic imine (C=N–C) groups is 2. The predicted octanol–water partition coefficient (Wildman–Crippen LogP) is 12.9. The Morgan fingerprint density at radius 2 is 1.02 bits per heavy atom. The minimum Gasteiger partial charge on any atom is -0.309 e. The Balaban J connectivity index is 1.41. The number of benzene rings is 8. The third kappa shape index (κ3) is 3.80. The molecule has 0 saturated heterocycles. The van der Waals surface area contributed by atoms with Gasteiger partial charge in [0.1, 0.15) is 5.00 Å². The molecule has 0 spiro atoms. The van der Waals surface area contributed by atoms with Gasteiger partial charge < -0.3 is 9.13 Å². The average molecular weight is 683 g/mol. The first-order chi connectivity index (χ1) is 25.8. The van der Waals surface area contributed by atoms with Crippen molar-refractivity contribution >= 4 is 115 Å². The highest BCUT2D eigenvalue weighted by Gasteiger charge is 2.28. The maximum absolute atomic E-state index is 4.61. The highest BCUT2D eigenvalue weighted by molar-refractivity contribution is 7.24. The highest BCUT2D eigenvalue weighted by atomic mass is 32.1. The molecule has 11 rings (SSSR count). The van der Waals surface area contributed by atoms with E-state index in [1.54, 1.807) is 11.3 Å². The molecule has 0 radical (unpaired) electrons. The quantitative estimate of drug-likeness (QED) is 0.131. The van der Waals surface area contributed by atoms with Crippen LogP contribution in [-0.4, -0.2) is 29.1 Å². The van der Waals surface area contributed by atoms with Gasteiger partial charge in [0.2, 0.25) is 0 Å². The van der Waals surface area contributed by atoms with E-state index in [2.05, 4.69) is 171 Å². The SMILES string of the molecule is C=Nc1sc2c(c1C=NC)c1c3ccccc3n(-c3ccccc3)c1c1c3ccccc3n(-c3ccc4c5ccccc5c5ccccc5c4c3)c21. The lowest BCUT2D eigenvalue weighted by Gasteiger charge is -2.14. The summed E-state index contributed by atoms with van der Waals surface area (Å²) >= 11 is 1.70. The Labute approximate surface area is 302 Å². The standard InChI is InChI=1S/C47H30N4S/c1-48-27-38-42-41-35-20-10-12-22-39(35)50(28-14-4-3-5-15-28)44(41)43-36-21-11-13-23-40(36)51(45(43)46(42)52-47(38)49-2)29-24-25-34-32-18-7-6-16-30(32)31-17-8-9-19-33(31)37(34)26-29/h3-27H,2H2,1H3. The minimum absolute atomic E-state index is 0.874. The molecule has 3 heterocycles. The molecule has 0 atom stereocenters. The molecule has 5 heteroatoms. The topological polar surface area (TPSA) is 34.6 Å². The summed E-state index contributed by atoms with van der Waals surface area (Å²) in [6.45, 7) is 4.04. The summed E-state index contributed by atoms with van der Waals surface area (Å²) in [7, 11) is 1.83. The molecule has 11 aromatic rings. The lowest BCUT2D eigenvalue weighted by Crippen LogP contribution is -1.96. The maximum Gasteiger partial charge on any atom is 0.125 e. The number of nitrogens with zero attached hydrogens (tertiary/aromatic N) is 4. The molecule has 0 aliphatic rings. The van der Waals surface area contributed by atoms with Gasteiger partial charge in [-0.05, 0) is 75.4 Å². The van der Waals surface area contributed by atoms with Gasteiger partial charge in [0.15, 0.2) is 0 Å². The van der Waals surface area contributed by atoms with Crippen LogP contribution in [0.25, 0.3) is 97.4 Å². The molecule has 8 aromatic carbocycles. The Bertz CT molecular complexity index is 3290. The molecule has 0 saturated carbocycles. The first-order valence-electron chi connectivity index (χ1n) is 17.5.